The van der Waals surface area contributed by atoms with Crippen LogP contribution in [0.5, 0.6) is 0 Å². The van der Waals surface area contributed by atoms with Crippen molar-refractivity contribution in [2.24, 2.45) is 0 Å². The fraction of sp³-hybridized carbons (Fsp3) is 0. The van der Waals surface area contributed by atoms with E-state index in [0.717, 1.165) is 14.3 Å². The van der Waals surface area contributed by atoms with E-state index in [4.69, 9.17) is 5.11 Å². The summed E-state index contributed by atoms with van der Waals surface area (Å²) in [6.45, 7) is 0. The van der Waals surface area contributed by atoms with Gasteiger partial charge in [0.25, 0.3) is 0 Å². The maximum absolute atomic E-state index is 11.0. The van der Waals surface area contributed by atoms with Gasteiger partial charge in [0.2, 0.25) is 0 Å². The topological polar surface area (TPSA) is 37.3 Å². The van der Waals surface area contributed by atoms with E-state index in [-0.39, 0.29) is 0 Å². The highest BCUT2D eigenvalue weighted by Crippen LogP contribution is 2.35. The van der Waals surface area contributed by atoms with E-state index in [0.29, 0.717) is 10.0 Å². The Balaban J connectivity index is 3.68. The highest BCUT2D eigenvalue weighted by atomic mass is 127. The molecule has 1 rings (SSSR count). The monoisotopic (exact) mass is 704 g/mol. The number of halogens is 5. The van der Waals surface area contributed by atoms with Gasteiger partial charge in [0.1, 0.15) is 0 Å². The summed E-state index contributed by atoms with van der Waals surface area (Å²) in [6, 6.07) is 0. The van der Waals surface area contributed by atoms with Crippen molar-refractivity contribution in [2.75, 3.05) is 0 Å². The second-order valence-corrected chi connectivity index (χ2v) is 7.36. The number of hydrogen-bond donors (Lipinski definition) is 1. The Morgan fingerprint density at radius 3 is 1.86 bits per heavy atom. The van der Waals surface area contributed by atoms with Crippen molar-refractivity contribution in [3.8, 4) is 0 Å². The van der Waals surface area contributed by atoms with Crippen LogP contribution in [-0.4, -0.2) is 11.1 Å². The van der Waals surface area contributed by atoms with E-state index < -0.39 is 5.97 Å². The first-order valence-corrected chi connectivity index (χ1v) is 8.23. The lowest BCUT2D eigenvalue weighted by Crippen LogP contribution is -2.06. The van der Waals surface area contributed by atoms with Crippen LogP contribution in [-0.2, 0) is 0 Å². The molecule has 0 atom stereocenters. The Morgan fingerprint density at radius 1 is 1.00 bits per heavy atom. The molecule has 2 nitrogen and oxygen atoms in total. The molecule has 0 unspecified atom stereocenters. The molecule has 0 saturated carbocycles. The first kappa shape index (κ1) is 14.2. The molecule has 0 aliphatic rings. The van der Waals surface area contributed by atoms with Crippen LogP contribution in [0.2, 0.25) is 0 Å². The van der Waals surface area contributed by atoms with E-state index in [9.17, 15) is 4.79 Å². The van der Waals surface area contributed by atoms with Crippen molar-refractivity contribution in [1.29, 1.82) is 0 Å². The Labute approximate surface area is 144 Å². The van der Waals surface area contributed by atoms with Crippen LogP contribution < -0.4 is 0 Å². The summed E-state index contributed by atoms with van der Waals surface area (Å²) in [6.07, 6.45) is 0. The van der Waals surface area contributed by atoms with Gasteiger partial charge in [0.15, 0.2) is 0 Å². The molecule has 1 N–H and O–H groups in total. The smallest absolute Gasteiger partial charge is 0.338 e. The fourth-order valence-corrected chi connectivity index (χ4v) is 5.52. The van der Waals surface area contributed by atoms with Gasteiger partial charge >= 0.3 is 5.97 Å². The molecular weight excluding hydrogens is 704 g/mol. The summed E-state index contributed by atoms with van der Waals surface area (Å²) in [7, 11) is 0. The van der Waals surface area contributed by atoms with E-state index in [1.54, 1.807) is 0 Å². The maximum atomic E-state index is 11.0. The molecule has 76 valence electrons. The largest absolute Gasteiger partial charge is 0.478 e. The SMILES string of the molecule is O=C(O)c1c(Br)c(I)c(I)c(I)c1I. The molecule has 0 radical (unpaired) electrons. The molecule has 1 aromatic carbocycles. The van der Waals surface area contributed by atoms with Crippen LogP contribution in [0.1, 0.15) is 10.4 Å². The van der Waals surface area contributed by atoms with Gasteiger partial charge in [-0.15, -0.1) is 0 Å². The Bertz CT molecular complexity index is 390. The van der Waals surface area contributed by atoms with Crippen molar-refractivity contribution in [3.63, 3.8) is 0 Å². The average molecular weight is 705 g/mol. The zero-order chi connectivity index (χ0) is 11.0. The van der Waals surface area contributed by atoms with E-state index in [1.165, 1.54) is 0 Å². The predicted molar refractivity (Wildman–Crippen MR) is 92.0 cm³/mol. The van der Waals surface area contributed by atoms with Gasteiger partial charge in [-0.25, -0.2) is 4.79 Å². The van der Waals surface area contributed by atoms with Crippen LogP contribution in [0.4, 0.5) is 0 Å². The van der Waals surface area contributed by atoms with Crippen molar-refractivity contribution in [3.05, 3.63) is 24.3 Å². The minimum absolute atomic E-state index is 0.347. The third-order valence-corrected chi connectivity index (χ3v) is 10.4. The first-order chi connectivity index (χ1) is 6.37. The number of carboxylic acids is 1. The number of hydrogen-bond acceptors (Lipinski definition) is 1. The lowest BCUT2D eigenvalue weighted by molar-refractivity contribution is 0.0694. The van der Waals surface area contributed by atoms with Gasteiger partial charge in [0, 0.05) is 18.8 Å². The molecule has 0 fully saturated rings. The van der Waals surface area contributed by atoms with Crippen molar-refractivity contribution in [1.82, 2.24) is 0 Å². The summed E-state index contributed by atoms with van der Waals surface area (Å²) in [5.41, 5.74) is 0.347. The molecular formula is C7HBrI4O2. The van der Waals surface area contributed by atoms with E-state index >= 15 is 0 Å². The molecule has 0 aromatic heterocycles. The average Bonchev–Trinajstić information content (AvgIpc) is 2.11. The number of benzene rings is 1. The number of carboxylic acid groups (broad SMARTS) is 1. The molecule has 0 spiro atoms. The highest BCUT2D eigenvalue weighted by Gasteiger charge is 2.21. The minimum atomic E-state index is -0.895. The molecule has 0 heterocycles. The first-order valence-electron chi connectivity index (χ1n) is 3.12. The standard InChI is InChI=1S/C7HBrI4O2/c8-2-1(7(13)14)3(9)5(11)6(12)4(2)10/h(H,13,14). The minimum Gasteiger partial charge on any atom is -0.478 e. The zero-order valence-corrected chi connectivity index (χ0v) is 16.5. The van der Waals surface area contributed by atoms with Crippen LogP contribution >= 0.6 is 106 Å². The van der Waals surface area contributed by atoms with E-state index in [2.05, 4.69) is 106 Å². The number of aromatic carboxylic acids is 1. The molecule has 1 aromatic rings. The molecule has 0 saturated heterocycles. The van der Waals surface area contributed by atoms with Crippen molar-refractivity contribution < 1.29 is 9.90 Å². The summed E-state index contributed by atoms with van der Waals surface area (Å²) in [5.74, 6) is -0.895. The zero-order valence-electron chi connectivity index (χ0n) is 6.25. The van der Waals surface area contributed by atoms with E-state index in [1.807, 2.05) is 0 Å². The van der Waals surface area contributed by atoms with Crippen LogP contribution in [0.15, 0.2) is 4.47 Å². The van der Waals surface area contributed by atoms with Gasteiger partial charge in [-0.2, -0.15) is 0 Å². The van der Waals surface area contributed by atoms with Crippen LogP contribution in [0.3, 0.4) is 0 Å². The predicted octanol–water partition coefficient (Wildman–Crippen LogP) is 4.57. The summed E-state index contributed by atoms with van der Waals surface area (Å²) < 4.78 is 4.48. The quantitative estimate of drug-likeness (QED) is 0.265. The highest BCUT2D eigenvalue weighted by molar-refractivity contribution is 14.1. The Kier molecular flexibility index (Phi) is 5.68. The second kappa shape index (κ2) is 5.62. The molecule has 7 heteroatoms. The Morgan fingerprint density at radius 2 is 1.43 bits per heavy atom. The van der Waals surface area contributed by atoms with Crippen LogP contribution in [0, 0.1) is 14.3 Å². The van der Waals surface area contributed by atoms with Crippen molar-refractivity contribution >= 4 is 112 Å². The van der Waals surface area contributed by atoms with Gasteiger partial charge in [-0.05, 0) is 106 Å². The summed E-state index contributed by atoms with van der Waals surface area (Å²) >= 11 is 11.9. The lowest BCUT2D eigenvalue weighted by Gasteiger charge is -2.10. The normalized spacial score (nSPS) is 10.4. The molecule has 14 heavy (non-hydrogen) atoms. The lowest BCUT2D eigenvalue weighted by atomic mass is 10.2. The van der Waals surface area contributed by atoms with Gasteiger partial charge < -0.3 is 5.11 Å². The van der Waals surface area contributed by atoms with Crippen molar-refractivity contribution in [2.45, 2.75) is 0 Å². The summed E-state index contributed by atoms with van der Waals surface area (Å²) in [4.78, 5) is 11.0. The Hall–Kier alpha value is 2.09. The second-order valence-electron chi connectivity index (χ2n) is 2.25. The van der Waals surface area contributed by atoms with Crippen LogP contribution in [0.25, 0.3) is 0 Å². The third-order valence-electron chi connectivity index (χ3n) is 1.42. The third kappa shape index (κ3) is 2.67. The molecule has 0 amide bonds. The number of carbonyl (C=O) groups is 1. The summed E-state index contributed by atoms with van der Waals surface area (Å²) in [5, 5.41) is 9.04. The van der Waals surface area contributed by atoms with Gasteiger partial charge in [-0.1, -0.05) is 0 Å². The fourth-order valence-electron chi connectivity index (χ4n) is 0.793. The van der Waals surface area contributed by atoms with Gasteiger partial charge in [0.05, 0.1) is 5.56 Å². The molecule has 0 bridgehead atoms. The van der Waals surface area contributed by atoms with Gasteiger partial charge in [-0.3, -0.25) is 0 Å². The maximum Gasteiger partial charge on any atom is 0.338 e. The molecule has 0 aliphatic carbocycles. The number of rotatable bonds is 1. The molecule has 0 aliphatic heterocycles.